The molecule has 0 atom stereocenters. The Bertz CT molecular complexity index is 798. The van der Waals surface area contributed by atoms with Gasteiger partial charge in [0.25, 0.3) is 0 Å². The number of halogens is 3. The van der Waals surface area contributed by atoms with E-state index in [0.717, 1.165) is 113 Å². The molecule has 0 bridgehead atoms. The Morgan fingerprint density at radius 2 is 0.925 bits per heavy atom. The summed E-state index contributed by atoms with van der Waals surface area (Å²) in [7, 11) is 0. The number of benzene rings is 1. The number of rotatable bonds is 22. The summed E-state index contributed by atoms with van der Waals surface area (Å²) in [5.41, 5.74) is 1.03. The second-order valence-electron chi connectivity index (χ2n) is 12.2. The summed E-state index contributed by atoms with van der Waals surface area (Å²) in [6.07, 6.45) is 12.3. The molecule has 0 amide bonds. The molecule has 0 aliphatic carbocycles. The van der Waals surface area contributed by atoms with Crippen LogP contribution < -0.4 is 0 Å². The zero-order valence-electron chi connectivity index (χ0n) is 26.9. The van der Waals surface area contributed by atoms with Crippen molar-refractivity contribution in [3.63, 3.8) is 0 Å². The van der Waals surface area contributed by atoms with Gasteiger partial charge < -0.3 is 0 Å². The molecule has 0 unspecified atom stereocenters. The molecule has 0 N–H and O–H groups in total. The molecule has 0 heterocycles. The number of alkyl halides is 3. The van der Waals surface area contributed by atoms with Gasteiger partial charge in [-0.1, -0.05) is 0 Å². The van der Waals surface area contributed by atoms with Crippen molar-refractivity contribution in [2.24, 2.45) is 0 Å². The number of hydrogen-bond donors (Lipinski definition) is 0. The van der Waals surface area contributed by atoms with Gasteiger partial charge in [0, 0.05) is 0 Å². The molecule has 1 aromatic carbocycles. The summed E-state index contributed by atoms with van der Waals surface area (Å²) in [6, 6.07) is 10.1. The molecular formula is C35H61F3Sn2. The maximum atomic E-state index is 16.0. The van der Waals surface area contributed by atoms with Crippen molar-refractivity contribution >= 4 is 42.8 Å². The molecule has 0 aliphatic heterocycles. The summed E-state index contributed by atoms with van der Waals surface area (Å²) in [5.74, 6) is 0. The van der Waals surface area contributed by atoms with Gasteiger partial charge in [-0.3, -0.25) is 0 Å². The molecular weight excluding hydrogens is 715 g/mol. The predicted molar refractivity (Wildman–Crippen MR) is 178 cm³/mol. The molecule has 5 heteroatoms. The fourth-order valence-corrected chi connectivity index (χ4v) is 49.9. The van der Waals surface area contributed by atoms with Crippen LogP contribution in [0.5, 0.6) is 0 Å². The molecule has 0 aromatic heterocycles. The molecule has 1 rings (SSSR count). The van der Waals surface area contributed by atoms with E-state index in [1.807, 2.05) is 30.3 Å². The van der Waals surface area contributed by atoms with Crippen LogP contribution >= 0.6 is 0 Å². The normalized spacial score (nSPS) is 13.7. The Kier molecular flexibility index (Phi) is 19.9. The van der Waals surface area contributed by atoms with Gasteiger partial charge in [0.1, 0.15) is 0 Å². The molecule has 0 aliphatic rings. The topological polar surface area (TPSA) is 0 Å². The van der Waals surface area contributed by atoms with Gasteiger partial charge in [-0.2, -0.15) is 0 Å². The van der Waals surface area contributed by atoms with Crippen molar-refractivity contribution in [1.29, 1.82) is 0 Å². The third-order valence-corrected chi connectivity index (χ3v) is 42.5. The minimum absolute atomic E-state index is 0.142. The van der Waals surface area contributed by atoms with Crippen LogP contribution in [-0.4, -0.2) is 42.9 Å². The molecule has 0 fully saturated rings. The Morgan fingerprint density at radius 1 is 0.575 bits per heavy atom. The first-order valence-corrected chi connectivity index (χ1v) is 31.7. The molecule has 0 radical (unpaired) electrons. The van der Waals surface area contributed by atoms with Crippen LogP contribution in [0.25, 0.3) is 6.08 Å². The molecule has 0 saturated heterocycles. The maximum absolute atomic E-state index is 16.0. The van der Waals surface area contributed by atoms with Gasteiger partial charge in [-0.25, -0.2) is 0 Å². The molecule has 0 spiro atoms. The summed E-state index contributed by atoms with van der Waals surface area (Å²) in [6.45, 7) is 13.1. The van der Waals surface area contributed by atoms with Crippen LogP contribution in [0, 0.1) is 0 Å². The van der Waals surface area contributed by atoms with Crippen LogP contribution in [0.3, 0.4) is 0 Å². The van der Waals surface area contributed by atoms with E-state index in [-0.39, 0.29) is 3.59 Å². The van der Waals surface area contributed by atoms with E-state index in [2.05, 4.69) is 53.7 Å². The second-order valence-corrected chi connectivity index (χ2v) is 38.4. The summed E-state index contributed by atoms with van der Waals surface area (Å²) >= 11 is -7.28. The first-order chi connectivity index (χ1) is 19.2. The zero-order chi connectivity index (χ0) is 29.9. The van der Waals surface area contributed by atoms with Gasteiger partial charge in [0.05, 0.1) is 0 Å². The van der Waals surface area contributed by atoms with E-state index in [9.17, 15) is 0 Å². The predicted octanol–water partition coefficient (Wildman–Crippen LogP) is 13.3. The van der Waals surface area contributed by atoms with Crippen molar-refractivity contribution < 1.29 is 13.2 Å². The summed E-state index contributed by atoms with van der Waals surface area (Å²) in [4.78, 5) is 0. The van der Waals surface area contributed by atoms with Gasteiger partial charge in [0.2, 0.25) is 0 Å². The Hall–Kier alpha value is 0.0874. The summed E-state index contributed by atoms with van der Waals surface area (Å²) in [5, 5.41) is 0. The van der Waals surface area contributed by atoms with Crippen molar-refractivity contribution in [2.45, 2.75) is 151 Å². The van der Waals surface area contributed by atoms with E-state index < -0.39 is 42.9 Å². The van der Waals surface area contributed by atoms with Gasteiger partial charge >= 0.3 is 257 Å². The molecule has 0 saturated carbocycles. The van der Waals surface area contributed by atoms with Gasteiger partial charge in [-0.05, 0) is 0 Å². The standard InChI is InChI=1S/C11H7F3.6C4H9.2Sn/c12-11(13,14)9-5-4-8-10-6-2-1-3-7-10;6*1-3-4-2;;/h1-4,6-8H;6*1,3-4H2,2H3;;/b8-4+,9-5?;;;;;;;;. The van der Waals surface area contributed by atoms with Crippen molar-refractivity contribution in [2.75, 3.05) is 0 Å². The molecule has 0 nitrogen and oxygen atoms in total. The van der Waals surface area contributed by atoms with E-state index in [1.54, 1.807) is 0 Å². The van der Waals surface area contributed by atoms with Crippen LogP contribution in [0.15, 0.2) is 43.6 Å². The first-order valence-electron chi connectivity index (χ1n) is 16.8. The molecule has 40 heavy (non-hydrogen) atoms. The van der Waals surface area contributed by atoms with Crippen molar-refractivity contribution in [3.8, 4) is 0 Å². The first kappa shape index (κ1) is 38.1. The van der Waals surface area contributed by atoms with Crippen molar-refractivity contribution in [3.05, 3.63) is 49.1 Å². The van der Waals surface area contributed by atoms with Crippen LogP contribution in [0.4, 0.5) is 13.2 Å². The van der Waals surface area contributed by atoms with Crippen LogP contribution in [0.1, 0.15) is 124 Å². The Morgan fingerprint density at radius 3 is 1.25 bits per heavy atom. The molecule has 230 valence electrons. The zero-order valence-corrected chi connectivity index (χ0v) is 32.6. The van der Waals surface area contributed by atoms with Crippen LogP contribution in [-0.2, 0) is 0 Å². The fraction of sp³-hybridized carbons (Fsp3) is 0.714. The Labute approximate surface area is 254 Å². The monoisotopic (exact) mass is 778 g/mol. The fourth-order valence-electron chi connectivity index (χ4n) is 6.63. The average Bonchev–Trinajstić information content (AvgIpc) is 2.95. The number of unbranched alkanes of at least 4 members (excludes halogenated alkanes) is 6. The average molecular weight is 776 g/mol. The minimum atomic E-state index is -4.21. The van der Waals surface area contributed by atoms with E-state index in [4.69, 9.17) is 0 Å². The SMILES string of the molecule is CCC[CH2][Sn]([CH2]CCC)([CH2]CCC)[C](/C=C/c1ccccc1)=[C](/C(F)(F)F)[Sn]([CH2]CCC)([CH2]CCC)[CH2]CCC. The van der Waals surface area contributed by atoms with E-state index >= 15 is 13.2 Å². The third kappa shape index (κ3) is 12.4. The quantitative estimate of drug-likeness (QED) is 0.0813. The second kappa shape index (κ2) is 20.9. The van der Waals surface area contributed by atoms with Crippen LogP contribution in [0.2, 0.25) is 26.6 Å². The van der Waals surface area contributed by atoms with E-state index in [1.165, 1.54) is 0 Å². The number of hydrogen-bond acceptors (Lipinski definition) is 0. The summed E-state index contributed by atoms with van der Waals surface area (Å²) < 4.78 is 54.8. The molecule has 1 aromatic rings. The van der Waals surface area contributed by atoms with E-state index in [0.29, 0.717) is 0 Å². The number of allylic oxidation sites excluding steroid dienone is 3. The van der Waals surface area contributed by atoms with Crippen molar-refractivity contribution in [1.82, 2.24) is 0 Å². The van der Waals surface area contributed by atoms with Gasteiger partial charge in [0.15, 0.2) is 0 Å². The van der Waals surface area contributed by atoms with Gasteiger partial charge in [-0.15, -0.1) is 0 Å². The Balaban J connectivity index is 4.27. The third-order valence-electron chi connectivity index (χ3n) is 8.95.